The Kier molecular flexibility index (Phi) is 2.94. The zero-order valence-electron chi connectivity index (χ0n) is 8.89. The fourth-order valence-corrected chi connectivity index (χ4v) is 2.12. The van der Waals surface area contributed by atoms with Crippen molar-refractivity contribution in [2.24, 2.45) is 5.73 Å². The van der Waals surface area contributed by atoms with Gasteiger partial charge in [-0.2, -0.15) is 0 Å². The van der Waals surface area contributed by atoms with Gasteiger partial charge in [-0.15, -0.1) is 0 Å². The quantitative estimate of drug-likeness (QED) is 0.698. The number of benzene rings is 1. The van der Waals surface area contributed by atoms with Crippen LogP contribution in [0, 0.1) is 0 Å². The Hall–Kier alpha value is -1.39. The summed E-state index contributed by atoms with van der Waals surface area (Å²) in [4.78, 5) is 10.7. The van der Waals surface area contributed by atoms with Crippen molar-refractivity contribution in [1.82, 2.24) is 0 Å². The Bertz CT molecular complexity index is 417. The van der Waals surface area contributed by atoms with Crippen LogP contribution in [-0.2, 0) is 17.6 Å². The highest BCUT2D eigenvalue weighted by Gasteiger charge is 2.24. The minimum atomic E-state index is -1.26. The van der Waals surface area contributed by atoms with Gasteiger partial charge >= 0.3 is 5.97 Å². The van der Waals surface area contributed by atoms with Crippen molar-refractivity contribution < 1.29 is 15.0 Å². The molecule has 0 aliphatic heterocycles. The van der Waals surface area contributed by atoms with Crippen molar-refractivity contribution in [2.75, 3.05) is 0 Å². The van der Waals surface area contributed by atoms with Crippen LogP contribution in [-0.4, -0.2) is 22.2 Å². The number of nitrogens with two attached hydrogens (primary N) is 1. The molecule has 0 aromatic heterocycles. The van der Waals surface area contributed by atoms with Crippen LogP contribution in [0.4, 0.5) is 0 Å². The number of aliphatic carboxylic acids is 1. The number of aliphatic hydroxyl groups is 1. The minimum absolute atomic E-state index is 0.593. The lowest BCUT2D eigenvalue weighted by molar-refractivity contribution is -0.141. The second kappa shape index (κ2) is 4.23. The molecule has 1 aliphatic carbocycles. The summed E-state index contributed by atoms with van der Waals surface area (Å²) in [6, 6.07) is 4.32. The molecule has 16 heavy (non-hydrogen) atoms. The first-order valence-corrected chi connectivity index (χ1v) is 5.38. The van der Waals surface area contributed by atoms with Gasteiger partial charge in [0, 0.05) is 0 Å². The van der Waals surface area contributed by atoms with Crippen LogP contribution in [0.15, 0.2) is 18.2 Å². The Labute approximate surface area is 93.7 Å². The standard InChI is InChI=1S/C12H15NO3/c13-10(12(15)16)11(14)9-5-4-7-2-1-3-8(7)6-9/h4-6,10-11,14H,1-3,13H2,(H,15,16). The second-order valence-corrected chi connectivity index (χ2v) is 4.19. The molecule has 0 spiro atoms. The number of carboxylic acid groups (broad SMARTS) is 1. The number of carbonyl (C=O) groups is 1. The number of hydrogen-bond donors (Lipinski definition) is 3. The summed E-state index contributed by atoms with van der Waals surface area (Å²) in [5, 5.41) is 18.5. The number of hydrogen-bond acceptors (Lipinski definition) is 3. The van der Waals surface area contributed by atoms with Crippen molar-refractivity contribution in [3.8, 4) is 0 Å². The average molecular weight is 221 g/mol. The lowest BCUT2D eigenvalue weighted by Crippen LogP contribution is -2.36. The minimum Gasteiger partial charge on any atom is -0.480 e. The summed E-state index contributed by atoms with van der Waals surface area (Å²) >= 11 is 0. The van der Waals surface area contributed by atoms with Crippen molar-refractivity contribution >= 4 is 5.97 Å². The van der Waals surface area contributed by atoms with E-state index in [-0.39, 0.29) is 0 Å². The Balaban J connectivity index is 2.24. The Morgan fingerprint density at radius 1 is 1.31 bits per heavy atom. The van der Waals surface area contributed by atoms with Gasteiger partial charge in [0.2, 0.25) is 0 Å². The molecule has 1 aromatic carbocycles. The van der Waals surface area contributed by atoms with E-state index < -0.39 is 18.1 Å². The van der Waals surface area contributed by atoms with Crippen LogP contribution in [0.3, 0.4) is 0 Å². The van der Waals surface area contributed by atoms with Crippen molar-refractivity contribution in [2.45, 2.75) is 31.4 Å². The van der Waals surface area contributed by atoms with E-state index in [0.29, 0.717) is 5.56 Å². The molecule has 2 unspecified atom stereocenters. The third kappa shape index (κ3) is 1.94. The van der Waals surface area contributed by atoms with E-state index in [1.165, 1.54) is 11.1 Å². The summed E-state index contributed by atoms with van der Waals surface area (Å²) in [5.41, 5.74) is 8.48. The van der Waals surface area contributed by atoms with Gasteiger partial charge in [-0.3, -0.25) is 4.79 Å². The van der Waals surface area contributed by atoms with E-state index in [1.807, 2.05) is 12.1 Å². The van der Waals surface area contributed by atoms with E-state index in [1.54, 1.807) is 6.07 Å². The predicted octanol–water partition coefficient (Wildman–Crippen LogP) is 0.621. The van der Waals surface area contributed by atoms with E-state index in [4.69, 9.17) is 10.8 Å². The molecular weight excluding hydrogens is 206 g/mol. The normalized spacial score (nSPS) is 17.9. The van der Waals surface area contributed by atoms with E-state index in [9.17, 15) is 9.90 Å². The molecule has 0 amide bonds. The SMILES string of the molecule is NC(C(=O)O)C(O)c1ccc2c(c1)CCC2. The molecule has 2 rings (SSSR count). The van der Waals surface area contributed by atoms with Crippen LogP contribution in [0.25, 0.3) is 0 Å². The van der Waals surface area contributed by atoms with Crippen LogP contribution >= 0.6 is 0 Å². The highest BCUT2D eigenvalue weighted by atomic mass is 16.4. The molecule has 0 bridgehead atoms. The van der Waals surface area contributed by atoms with Gasteiger partial charge in [0.1, 0.15) is 12.1 Å². The molecule has 1 aromatic rings. The summed E-state index contributed by atoms with van der Waals surface area (Å²) in [6.07, 6.45) is 2.05. The molecule has 0 saturated heterocycles. The molecule has 0 heterocycles. The van der Waals surface area contributed by atoms with Crippen molar-refractivity contribution in [3.63, 3.8) is 0 Å². The zero-order chi connectivity index (χ0) is 11.7. The van der Waals surface area contributed by atoms with Gasteiger partial charge in [0.05, 0.1) is 0 Å². The fourth-order valence-electron chi connectivity index (χ4n) is 2.12. The monoisotopic (exact) mass is 221 g/mol. The highest BCUT2D eigenvalue weighted by molar-refractivity contribution is 5.74. The van der Waals surface area contributed by atoms with Gasteiger partial charge in [-0.25, -0.2) is 0 Å². The third-order valence-corrected chi connectivity index (χ3v) is 3.09. The first-order valence-electron chi connectivity index (χ1n) is 5.38. The smallest absolute Gasteiger partial charge is 0.323 e. The topological polar surface area (TPSA) is 83.6 Å². The molecule has 4 heteroatoms. The van der Waals surface area contributed by atoms with Crippen LogP contribution in [0.2, 0.25) is 0 Å². The second-order valence-electron chi connectivity index (χ2n) is 4.19. The average Bonchev–Trinajstić information content (AvgIpc) is 2.73. The molecule has 4 nitrogen and oxygen atoms in total. The number of aryl methyl sites for hydroxylation is 2. The number of carboxylic acids is 1. The van der Waals surface area contributed by atoms with Gasteiger partial charge in [-0.05, 0) is 36.0 Å². The number of aliphatic hydroxyl groups excluding tert-OH is 1. The summed E-state index contributed by atoms with van der Waals surface area (Å²) in [5.74, 6) is -1.19. The number of fused-ring (bicyclic) bond motifs is 1. The molecule has 2 atom stereocenters. The highest BCUT2D eigenvalue weighted by Crippen LogP contribution is 2.26. The molecular formula is C12H15NO3. The summed E-state index contributed by atoms with van der Waals surface area (Å²) < 4.78 is 0. The first-order chi connectivity index (χ1) is 7.59. The zero-order valence-corrected chi connectivity index (χ0v) is 8.89. The summed E-state index contributed by atoms with van der Waals surface area (Å²) in [7, 11) is 0. The van der Waals surface area contributed by atoms with Gasteiger partial charge in [0.15, 0.2) is 0 Å². The molecule has 0 saturated carbocycles. The predicted molar refractivity (Wildman–Crippen MR) is 59.0 cm³/mol. The summed E-state index contributed by atoms with van der Waals surface area (Å²) in [6.45, 7) is 0. The lowest BCUT2D eigenvalue weighted by Gasteiger charge is -2.16. The Morgan fingerprint density at radius 2 is 2.00 bits per heavy atom. The lowest BCUT2D eigenvalue weighted by atomic mass is 9.99. The van der Waals surface area contributed by atoms with Crippen LogP contribution in [0.1, 0.15) is 29.2 Å². The number of rotatable bonds is 3. The maximum Gasteiger partial charge on any atom is 0.323 e. The molecule has 0 fully saturated rings. The molecule has 0 radical (unpaired) electrons. The van der Waals surface area contributed by atoms with E-state index in [2.05, 4.69) is 0 Å². The van der Waals surface area contributed by atoms with Crippen LogP contribution in [0.5, 0.6) is 0 Å². The largest absolute Gasteiger partial charge is 0.480 e. The Morgan fingerprint density at radius 3 is 2.69 bits per heavy atom. The third-order valence-electron chi connectivity index (χ3n) is 3.09. The first kappa shape index (κ1) is 11.1. The maximum absolute atomic E-state index is 10.7. The van der Waals surface area contributed by atoms with Gasteiger partial charge in [0.25, 0.3) is 0 Å². The molecule has 86 valence electrons. The molecule has 4 N–H and O–H groups in total. The van der Waals surface area contributed by atoms with E-state index in [0.717, 1.165) is 19.3 Å². The van der Waals surface area contributed by atoms with Crippen molar-refractivity contribution in [1.29, 1.82) is 0 Å². The van der Waals surface area contributed by atoms with Crippen LogP contribution < -0.4 is 5.73 Å². The fraction of sp³-hybridized carbons (Fsp3) is 0.417. The molecule has 1 aliphatic rings. The van der Waals surface area contributed by atoms with Gasteiger partial charge < -0.3 is 15.9 Å². The van der Waals surface area contributed by atoms with E-state index >= 15 is 0 Å². The van der Waals surface area contributed by atoms with Crippen molar-refractivity contribution in [3.05, 3.63) is 34.9 Å². The van der Waals surface area contributed by atoms with Gasteiger partial charge in [-0.1, -0.05) is 18.2 Å². The maximum atomic E-state index is 10.7.